The van der Waals surface area contributed by atoms with E-state index in [1.54, 1.807) is 24.1 Å². The first-order valence-corrected chi connectivity index (χ1v) is 8.67. The van der Waals surface area contributed by atoms with Crippen LogP contribution in [0.25, 0.3) is 0 Å². The summed E-state index contributed by atoms with van der Waals surface area (Å²) in [5.74, 6) is -0.0900. The zero-order valence-corrected chi connectivity index (χ0v) is 15.2. The van der Waals surface area contributed by atoms with Crippen LogP contribution in [0.4, 0.5) is 0 Å². The molecule has 2 aromatic carbocycles. The Hall–Kier alpha value is -2.62. The van der Waals surface area contributed by atoms with Crippen LogP contribution in [-0.2, 0) is 11.3 Å². The van der Waals surface area contributed by atoms with Gasteiger partial charge in [-0.1, -0.05) is 55.8 Å². The number of rotatable bonds is 7. The summed E-state index contributed by atoms with van der Waals surface area (Å²) in [5.41, 5.74) is 2.69. The van der Waals surface area contributed by atoms with Crippen molar-refractivity contribution in [1.29, 1.82) is 0 Å². The van der Waals surface area contributed by atoms with E-state index in [4.69, 9.17) is 0 Å². The van der Waals surface area contributed by atoms with Crippen molar-refractivity contribution in [2.75, 3.05) is 14.1 Å². The molecule has 0 aromatic heterocycles. The van der Waals surface area contributed by atoms with Gasteiger partial charge in [0, 0.05) is 26.2 Å². The fourth-order valence-corrected chi connectivity index (χ4v) is 2.93. The minimum atomic E-state index is -0.110. The Kier molecular flexibility index (Phi) is 6.75. The third-order valence-corrected chi connectivity index (χ3v) is 4.32. The van der Waals surface area contributed by atoms with Crippen LogP contribution in [0.5, 0.6) is 0 Å². The van der Waals surface area contributed by atoms with Gasteiger partial charge in [-0.2, -0.15) is 0 Å². The molecule has 2 rings (SSSR count). The van der Waals surface area contributed by atoms with Crippen molar-refractivity contribution in [3.8, 4) is 0 Å². The highest BCUT2D eigenvalue weighted by molar-refractivity contribution is 5.94. The Morgan fingerprint density at radius 2 is 1.68 bits per heavy atom. The monoisotopic (exact) mass is 338 g/mol. The third kappa shape index (κ3) is 4.92. The molecule has 4 heteroatoms. The average molecular weight is 338 g/mol. The molecular formula is C21H26N2O2. The maximum Gasteiger partial charge on any atom is 0.251 e. The van der Waals surface area contributed by atoms with Gasteiger partial charge in [-0.15, -0.1) is 0 Å². The van der Waals surface area contributed by atoms with Crippen LogP contribution in [0.15, 0.2) is 54.6 Å². The van der Waals surface area contributed by atoms with Gasteiger partial charge in [0.25, 0.3) is 5.91 Å². The molecule has 0 radical (unpaired) electrons. The normalized spacial score (nSPS) is 11.6. The largest absolute Gasteiger partial charge is 0.355 e. The molecule has 1 unspecified atom stereocenters. The van der Waals surface area contributed by atoms with Gasteiger partial charge in [0.1, 0.15) is 0 Å². The summed E-state index contributed by atoms with van der Waals surface area (Å²) >= 11 is 0. The Bertz CT molecular complexity index is 696. The predicted molar refractivity (Wildman–Crippen MR) is 100 cm³/mol. The Morgan fingerprint density at radius 1 is 1.04 bits per heavy atom. The maximum absolute atomic E-state index is 12.9. The summed E-state index contributed by atoms with van der Waals surface area (Å²) in [6, 6.07) is 17.3. The third-order valence-electron chi connectivity index (χ3n) is 4.32. The van der Waals surface area contributed by atoms with Gasteiger partial charge in [-0.25, -0.2) is 0 Å². The van der Waals surface area contributed by atoms with Gasteiger partial charge in [-0.3, -0.25) is 9.59 Å². The van der Waals surface area contributed by atoms with Crippen molar-refractivity contribution < 1.29 is 9.59 Å². The van der Waals surface area contributed by atoms with E-state index in [0.717, 1.165) is 24.0 Å². The van der Waals surface area contributed by atoms with E-state index >= 15 is 0 Å². The van der Waals surface area contributed by atoms with Crippen molar-refractivity contribution in [1.82, 2.24) is 10.2 Å². The molecule has 4 nitrogen and oxygen atoms in total. The lowest BCUT2D eigenvalue weighted by Gasteiger charge is -2.24. The van der Waals surface area contributed by atoms with E-state index in [1.165, 1.54) is 0 Å². The zero-order valence-electron chi connectivity index (χ0n) is 15.2. The number of nitrogens with zero attached hydrogens (tertiary/aromatic N) is 1. The minimum Gasteiger partial charge on any atom is -0.355 e. The topological polar surface area (TPSA) is 49.4 Å². The van der Waals surface area contributed by atoms with Crippen molar-refractivity contribution in [2.45, 2.75) is 32.2 Å². The number of benzene rings is 2. The molecule has 0 aliphatic rings. The highest BCUT2D eigenvalue weighted by atomic mass is 16.2. The van der Waals surface area contributed by atoms with E-state index in [-0.39, 0.29) is 17.7 Å². The molecular weight excluding hydrogens is 312 g/mol. The van der Waals surface area contributed by atoms with Crippen LogP contribution >= 0.6 is 0 Å². The highest BCUT2D eigenvalue weighted by Crippen LogP contribution is 2.24. The van der Waals surface area contributed by atoms with Gasteiger partial charge >= 0.3 is 0 Å². The second-order valence-corrected chi connectivity index (χ2v) is 6.22. The Morgan fingerprint density at radius 3 is 2.24 bits per heavy atom. The van der Waals surface area contributed by atoms with E-state index in [9.17, 15) is 9.59 Å². The van der Waals surface area contributed by atoms with Crippen LogP contribution in [0.3, 0.4) is 0 Å². The highest BCUT2D eigenvalue weighted by Gasteiger charge is 2.23. The van der Waals surface area contributed by atoms with Crippen LogP contribution < -0.4 is 5.32 Å². The Balaban J connectivity index is 2.08. The summed E-state index contributed by atoms with van der Waals surface area (Å²) in [6.07, 6.45) is 1.79. The number of carbonyl (C=O) groups is 2. The molecule has 2 amide bonds. The number of hydrogen-bond acceptors (Lipinski definition) is 2. The van der Waals surface area contributed by atoms with Crippen molar-refractivity contribution >= 4 is 11.8 Å². The second kappa shape index (κ2) is 9.02. The lowest BCUT2D eigenvalue weighted by atomic mass is 9.93. The summed E-state index contributed by atoms with van der Waals surface area (Å²) in [5, 5.41) is 2.60. The zero-order chi connectivity index (χ0) is 18.2. The molecule has 1 N–H and O–H groups in total. The molecule has 0 heterocycles. The molecule has 0 fully saturated rings. The second-order valence-electron chi connectivity index (χ2n) is 6.22. The molecule has 132 valence electrons. The van der Waals surface area contributed by atoms with Crippen molar-refractivity contribution in [2.24, 2.45) is 0 Å². The van der Waals surface area contributed by atoms with Gasteiger partial charge in [0.2, 0.25) is 5.91 Å². The van der Waals surface area contributed by atoms with Gasteiger partial charge in [-0.05, 0) is 29.7 Å². The first kappa shape index (κ1) is 18.7. The van der Waals surface area contributed by atoms with E-state index in [0.29, 0.717) is 12.1 Å². The molecule has 2 aromatic rings. The quantitative estimate of drug-likeness (QED) is 0.839. The predicted octanol–water partition coefficient (Wildman–Crippen LogP) is 3.59. The molecule has 0 saturated heterocycles. The molecule has 25 heavy (non-hydrogen) atoms. The fourth-order valence-electron chi connectivity index (χ4n) is 2.93. The van der Waals surface area contributed by atoms with Gasteiger partial charge in [0.05, 0.1) is 5.92 Å². The molecule has 0 saturated carbocycles. The number of hydrogen-bond donors (Lipinski definition) is 1. The van der Waals surface area contributed by atoms with E-state index < -0.39 is 0 Å². The lowest BCUT2D eigenvalue weighted by molar-refractivity contribution is -0.132. The maximum atomic E-state index is 12.9. The average Bonchev–Trinajstić information content (AvgIpc) is 2.66. The smallest absolute Gasteiger partial charge is 0.251 e. The SMILES string of the molecule is CCCC(C(=O)N(C)Cc1ccc(C(=O)NC)cc1)c1ccccc1. The minimum absolute atomic E-state index is 0.108. The number of likely N-dealkylation sites (N-methyl/N-ethyl adjacent to an activating group) is 1. The standard InChI is InChI=1S/C21H26N2O2/c1-4-8-19(17-9-6-5-7-10-17)21(25)23(3)15-16-11-13-18(14-12-16)20(24)22-2/h5-7,9-14,19H,4,8,15H2,1-3H3,(H,22,24). The van der Waals surface area contributed by atoms with Crippen LogP contribution in [0.1, 0.15) is 47.2 Å². The summed E-state index contributed by atoms with van der Waals surface area (Å²) in [4.78, 5) is 26.3. The van der Waals surface area contributed by atoms with E-state index in [1.807, 2.05) is 49.5 Å². The number of carbonyl (C=O) groups excluding carboxylic acids is 2. The first-order valence-electron chi connectivity index (χ1n) is 8.67. The van der Waals surface area contributed by atoms with Gasteiger partial charge < -0.3 is 10.2 Å². The Labute approximate surface area is 149 Å². The van der Waals surface area contributed by atoms with Gasteiger partial charge in [0.15, 0.2) is 0 Å². The van der Waals surface area contributed by atoms with E-state index in [2.05, 4.69) is 12.2 Å². The van der Waals surface area contributed by atoms with Crippen LogP contribution in [-0.4, -0.2) is 30.8 Å². The summed E-state index contributed by atoms with van der Waals surface area (Å²) in [6.45, 7) is 2.63. The fraction of sp³-hybridized carbons (Fsp3) is 0.333. The first-order chi connectivity index (χ1) is 12.1. The molecule has 0 aliphatic heterocycles. The lowest BCUT2D eigenvalue weighted by Crippen LogP contribution is -2.31. The molecule has 1 atom stereocenters. The summed E-state index contributed by atoms with van der Waals surface area (Å²) < 4.78 is 0. The molecule has 0 spiro atoms. The number of nitrogens with one attached hydrogen (secondary N) is 1. The molecule has 0 aliphatic carbocycles. The van der Waals surface area contributed by atoms with Crippen molar-refractivity contribution in [3.63, 3.8) is 0 Å². The van der Waals surface area contributed by atoms with Crippen LogP contribution in [0, 0.1) is 0 Å². The van der Waals surface area contributed by atoms with Crippen LogP contribution in [0.2, 0.25) is 0 Å². The summed E-state index contributed by atoms with van der Waals surface area (Å²) in [7, 11) is 3.45. The molecule has 0 bridgehead atoms. The number of amides is 2. The van der Waals surface area contributed by atoms with Crippen molar-refractivity contribution in [3.05, 3.63) is 71.3 Å².